The van der Waals surface area contributed by atoms with E-state index in [4.69, 9.17) is 11.6 Å². The van der Waals surface area contributed by atoms with E-state index in [9.17, 15) is 9.90 Å². The molecule has 104 valence electrons. The average molecular weight is 309 g/mol. The van der Waals surface area contributed by atoms with E-state index in [0.29, 0.717) is 16.4 Å². The van der Waals surface area contributed by atoms with Gasteiger partial charge in [-0.05, 0) is 24.7 Å². The van der Waals surface area contributed by atoms with Gasteiger partial charge in [-0.15, -0.1) is 0 Å². The third-order valence-corrected chi connectivity index (χ3v) is 5.01. The molecular formula is C14H13ClN2O2S. The molecule has 2 N–H and O–H groups in total. The molecule has 0 spiro atoms. The lowest BCUT2D eigenvalue weighted by atomic mass is 10.1. The van der Waals surface area contributed by atoms with Crippen LogP contribution in [0.5, 0.6) is 5.88 Å². The molecule has 0 amide bonds. The maximum atomic E-state index is 12.2. The highest BCUT2D eigenvalue weighted by molar-refractivity contribution is 7.99. The van der Waals surface area contributed by atoms with Crippen LogP contribution in [0.25, 0.3) is 11.1 Å². The van der Waals surface area contributed by atoms with Crippen molar-refractivity contribution in [2.75, 3.05) is 5.75 Å². The lowest BCUT2D eigenvalue weighted by Gasteiger charge is -2.10. The molecule has 2 heterocycles. The standard InChI is InChI=1S/C14H13ClN2O2S/c15-9-5-2-1-4-8(9)11-13(18)16-12(17-14(11)19)10-6-3-7-20-10/h1-2,4-5,10H,3,6-7H2,(H2,16,17,18,19). The summed E-state index contributed by atoms with van der Waals surface area (Å²) in [4.78, 5) is 19.2. The van der Waals surface area contributed by atoms with Crippen LogP contribution >= 0.6 is 23.4 Å². The second kappa shape index (κ2) is 5.50. The minimum absolute atomic E-state index is 0.127. The van der Waals surface area contributed by atoms with Gasteiger partial charge in [0, 0.05) is 10.6 Å². The zero-order valence-electron chi connectivity index (χ0n) is 10.6. The minimum atomic E-state index is -0.354. The van der Waals surface area contributed by atoms with Gasteiger partial charge in [0.1, 0.15) is 11.4 Å². The quantitative estimate of drug-likeness (QED) is 0.892. The molecule has 1 aliphatic heterocycles. The van der Waals surface area contributed by atoms with Crippen LogP contribution in [0.15, 0.2) is 29.1 Å². The average Bonchev–Trinajstić information content (AvgIpc) is 2.94. The molecule has 1 saturated heterocycles. The molecule has 1 fully saturated rings. The number of rotatable bonds is 2. The van der Waals surface area contributed by atoms with E-state index in [1.165, 1.54) is 0 Å². The molecule has 6 heteroatoms. The van der Waals surface area contributed by atoms with Gasteiger partial charge < -0.3 is 10.1 Å². The van der Waals surface area contributed by atoms with Crippen molar-refractivity contribution in [3.8, 4) is 17.0 Å². The molecule has 0 aliphatic carbocycles. The summed E-state index contributed by atoms with van der Waals surface area (Å²) >= 11 is 7.82. The van der Waals surface area contributed by atoms with Crippen LogP contribution < -0.4 is 5.56 Å². The molecule has 1 atom stereocenters. The fraction of sp³-hybridized carbons (Fsp3) is 0.286. The van der Waals surface area contributed by atoms with E-state index >= 15 is 0 Å². The molecule has 20 heavy (non-hydrogen) atoms. The number of hydrogen-bond acceptors (Lipinski definition) is 4. The third-order valence-electron chi connectivity index (χ3n) is 3.30. The van der Waals surface area contributed by atoms with Gasteiger partial charge in [-0.1, -0.05) is 29.8 Å². The largest absolute Gasteiger partial charge is 0.493 e. The number of aromatic amines is 1. The highest BCUT2D eigenvalue weighted by atomic mass is 35.5. The molecule has 2 aromatic rings. The summed E-state index contributed by atoms with van der Waals surface area (Å²) in [6, 6.07) is 6.91. The first-order valence-electron chi connectivity index (χ1n) is 6.36. The van der Waals surface area contributed by atoms with Crippen molar-refractivity contribution in [1.29, 1.82) is 0 Å². The molecule has 1 aromatic carbocycles. The summed E-state index contributed by atoms with van der Waals surface area (Å²) in [5, 5.41) is 10.7. The molecule has 4 nitrogen and oxygen atoms in total. The van der Waals surface area contributed by atoms with Gasteiger partial charge >= 0.3 is 0 Å². The Balaban J connectivity index is 2.10. The van der Waals surface area contributed by atoms with Crippen LogP contribution in [0.4, 0.5) is 0 Å². The van der Waals surface area contributed by atoms with Crippen molar-refractivity contribution >= 4 is 23.4 Å². The molecule has 0 saturated carbocycles. The van der Waals surface area contributed by atoms with Gasteiger partial charge in [0.15, 0.2) is 0 Å². The zero-order valence-corrected chi connectivity index (χ0v) is 12.2. The number of nitrogens with zero attached hydrogens (tertiary/aromatic N) is 1. The van der Waals surface area contributed by atoms with Crippen molar-refractivity contribution in [2.45, 2.75) is 18.1 Å². The molecule has 0 radical (unpaired) electrons. The van der Waals surface area contributed by atoms with E-state index in [0.717, 1.165) is 18.6 Å². The highest BCUT2D eigenvalue weighted by Crippen LogP contribution is 2.39. The first kappa shape index (κ1) is 13.5. The van der Waals surface area contributed by atoms with Crippen molar-refractivity contribution in [3.05, 3.63) is 45.5 Å². The summed E-state index contributed by atoms with van der Waals surface area (Å²) in [7, 11) is 0. The molecule has 3 rings (SSSR count). The second-order valence-electron chi connectivity index (χ2n) is 4.63. The van der Waals surface area contributed by atoms with Crippen molar-refractivity contribution in [2.24, 2.45) is 0 Å². The number of aromatic hydroxyl groups is 1. The Morgan fingerprint density at radius 3 is 2.85 bits per heavy atom. The maximum absolute atomic E-state index is 12.2. The molecule has 1 aromatic heterocycles. The Hall–Kier alpha value is -1.46. The number of thioether (sulfide) groups is 1. The number of benzene rings is 1. The van der Waals surface area contributed by atoms with Gasteiger partial charge in [0.05, 0.1) is 5.25 Å². The number of nitrogens with one attached hydrogen (secondary N) is 1. The SMILES string of the molecule is O=c1[nH]c(C2CCCS2)nc(O)c1-c1ccccc1Cl. The summed E-state index contributed by atoms with van der Waals surface area (Å²) in [6.45, 7) is 0. The lowest BCUT2D eigenvalue weighted by Crippen LogP contribution is -2.15. The number of H-pyrrole nitrogens is 1. The monoisotopic (exact) mass is 308 g/mol. The first-order chi connectivity index (χ1) is 9.66. The van der Waals surface area contributed by atoms with Gasteiger partial charge in [-0.2, -0.15) is 16.7 Å². The van der Waals surface area contributed by atoms with Gasteiger partial charge in [-0.25, -0.2) is 0 Å². The van der Waals surface area contributed by atoms with E-state index in [-0.39, 0.29) is 22.3 Å². The molecule has 1 aliphatic rings. The predicted octanol–water partition coefficient (Wildman–Crippen LogP) is 3.36. The second-order valence-corrected chi connectivity index (χ2v) is 6.35. The first-order valence-corrected chi connectivity index (χ1v) is 7.79. The number of hydrogen-bond donors (Lipinski definition) is 2. The Morgan fingerprint density at radius 1 is 1.40 bits per heavy atom. The Morgan fingerprint density at radius 2 is 2.20 bits per heavy atom. The Kier molecular flexibility index (Phi) is 3.72. The summed E-state index contributed by atoms with van der Waals surface area (Å²) < 4.78 is 0. The van der Waals surface area contributed by atoms with E-state index in [1.54, 1.807) is 36.0 Å². The van der Waals surface area contributed by atoms with E-state index in [2.05, 4.69) is 9.97 Å². The topological polar surface area (TPSA) is 66.0 Å². The number of halogens is 1. The van der Waals surface area contributed by atoms with Gasteiger partial charge in [0.2, 0.25) is 5.88 Å². The van der Waals surface area contributed by atoms with Crippen LogP contribution in [-0.4, -0.2) is 20.8 Å². The third kappa shape index (κ3) is 2.43. The fourth-order valence-corrected chi connectivity index (χ4v) is 3.78. The highest BCUT2D eigenvalue weighted by Gasteiger charge is 2.23. The van der Waals surface area contributed by atoms with E-state index < -0.39 is 0 Å². The lowest BCUT2D eigenvalue weighted by molar-refractivity contribution is 0.449. The molecule has 1 unspecified atom stereocenters. The maximum Gasteiger partial charge on any atom is 0.262 e. The number of aromatic nitrogens is 2. The molecular weight excluding hydrogens is 296 g/mol. The van der Waals surface area contributed by atoms with Crippen LogP contribution in [-0.2, 0) is 0 Å². The van der Waals surface area contributed by atoms with Crippen LogP contribution in [0.3, 0.4) is 0 Å². The van der Waals surface area contributed by atoms with Crippen molar-refractivity contribution < 1.29 is 5.11 Å². The van der Waals surface area contributed by atoms with Gasteiger partial charge in [-0.3, -0.25) is 4.79 Å². The van der Waals surface area contributed by atoms with Gasteiger partial charge in [0.25, 0.3) is 5.56 Å². The Bertz CT molecular complexity index is 696. The van der Waals surface area contributed by atoms with Crippen LogP contribution in [0, 0.1) is 0 Å². The normalized spacial score (nSPS) is 18.4. The molecule has 0 bridgehead atoms. The predicted molar refractivity (Wildman–Crippen MR) is 81.4 cm³/mol. The minimum Gasteiger partial charge on any atom is -0.493 e. The summed E-state index contributed by atoms with van der Waals surface area (Å²) in [5.74, 6) is 1.34. The van der Waals surface area contributed by atoms with E-state index in [1.807, 2.05) is 0 Å². The Labute approximate surface area is 125 Å². The summed E-state index contributed by atoms with van der Waals surface area (Å²) in [5.41, 5.74) is 0.265. The van der Waals surface area contributed by atoms with Crippen molar-refractivity contribution in [1.82, 2.24) is 9.97 Å². The summed E-state index contributed by atoms with van der Waals surface area (Å²) in [6.07, 6.45) is 2.07. The van der Waals surface area contributed by atoms with Crippen molar-refractivity contribution in [3.63, 3.8) is 0 Å². The van der Waals surface area contributed by atoms with Crippen LogP contribution in [0.1, 0.15) is 23.9 Å². The van der Waals surface area contributed by atoms with Crippen LogP contribution in [0.2, 0.25) is 5.02 Å². The smallest absolute Gasteiger partial charge is 0.262 e. The fourth-order valence-electron chi connectivity index (χ4n) is 2.33. The zero-order chi connectivity index (χ0) is 14.1.